The Balaban J connectivity index is 1.58. The molecule has 2 saturated heterocycles. The van der Waals surface area contributed by atoms with Gasteiger partial charge in [0, 0.05) is 39.1 Å². The van der Waals surface area contributed by atoms with E-state index in [0.29, 0.717) is 71.8 Å². The van der Waals surface area contributed by atoms with Crippen molar-refractivity contribution in [2.75, 3.05) is 65.8 Å². The molecule has 2 aliphatic rings. The maximum Gasteiger partial charge on any atom is 0.407 e. The van der Waals surface area contributed by atoms with Crippen molar-refractivity contribution in [3.8, 4) is 0 Å². The minimum atomic E-state index is -0.445. The summed E-state index contributed by atoms with van der Waals surface area (Å²) in [5, 5.41) is 11.1. The van der Waals surface area contributed by atoms with Crippen LogP contribution >= 0.6 is 0 Å². The highest BCUT2D eigenvalue weighted by Gasteiger charge is 2.25. The molecule has 0 saturated carbocycles. The summed E-state index contributed by atoms with van der Waals surface area (Å²) in [5.74, 6) is -0.177. The first-order valence-corrected chi connectivity index (χ1v) is 18.4. The molecule has 15 nitrogen and oxygen atoms in total. The molecule has 0 radical (unpaired) electrons. The molecule has 2 fully saturated rings. The van der Waals surface area contributed by atoms with Crippen LogP contribution in [0.3, 0.4) is 0 Å². The topological polar surface area (TPSA) is 189 Å². The summed E-state index contributed by atoms with van der Waals surface area (Å²) >= 11 is 0. The number of imide groups is 1. The molecule has 282 valence electrons. The van der Waals surface area contributed by atoms with Crippen molar-refractivity contribution >= 4 is 30.2 Å². The zero-order valence-electron chi connectivity index (χ0n) is 29.6. The maximum atomic E-state index is 13.1. The molecule has 0 aromatic heterocycles. The number of unbranched alkanes of at least 4 members (excludes halogenated alkanes) is 11. The van der Waals surface area contributed by atoms with E-state index in [9.17, 15) is 24.0 Å². The van der Waals surface area contributed by atoms with E-state index < -0.39 is 12.2 Å². The lowest BCUT2D eigenvalue weighted by Crippen LogP contribution is -2.44. The number of amides is 6. The van der Waals surface area contributed by atoms with Crippen molar-refractivity contribution in [1.82, 2.24) is 26.2 Å². The second-order valence-corrected chi connectivity index (χ2v) is 12.5. The number of alkyl carbamates (subject to hydrolysis) is 3. The number of carbonyl (C=O) groups excluding carboxylic acids is 5. The first kappa shape index (κ1) is 41.8. The van der Waals surface area contributed by atoms with Crippen LogP contribution < -0.4 is 21.3 Å². The van der Waals surface area contributed by atoms with E-state index in [0.717, 1.165) is 83.5 Å². The van der Waals surface area contributed by atoms with Crippen molar-refractivity contribution in [2.45, 2.75) is 122 Å². The zero-order valence-corrected chi connectivity index (χ0v) is 29.6. The smallest absolute Gasteiger partial charge is 0.407 e. The highest BCUT2D eigenvalue weighted by atomic mass is 16.6. The van der Waals surface area contributed by atoms with Crippen LogP contribution in [0.15, 0.2) is 0 Å². The summed E-state index contributed by atoms with van der Waals surface area (Å²) < 4.78 is 25.2. The average molecular weight is 700 g/mol. The van der Waals surface area contributed by atoms with E-state index in [1.54, 1.807) is 0 Å². The number of ether oxygens (including phenoxy) is 5. The van der Waals surface area contributed by atoms with Gasteiger partial charge in [0.2, 0.25) is 5.91 Å². The van der Waals surface area contributed by atoms with Gasteiger partial charge in [-0.25, -0.2) is 19.2 Å². The lowest BCUT2D eigenvalue weighted by Gasteiger charge is -2.21. The quantitative estimate of drug-likeness (QED) is 0.0481. The first-order chi connectivity index (χ1) is 23.9. The SMILES string of the molecule is CCCCOC(=O)NCCCCCCCC(=O)N(CCCCCCNC(=O)OCC1CO1)C(=O)NCCCCCCNC(=O)OCC1CO1. The van der Waals surface area contributed by atoms with Gasteiger partial charge in [0.15, 0.2) is 0 Å². The Morgan fingerprint density at radius 3 is 1.49 bits per heavy atom. The molecular weight excluding hydrogens is 638 g/mol. The Morgan fingerprint density at radius 2 is 1.00 bits per heavy atom. The molecule has 4 N–H and O–H groups in total. The van der Waals surface area contributed by atoms with Crippen molar-refractivity contribution < 1.29 is 47.7 Å². The number of carbonyl (C=O) groups is 5. The normalized spacial score (nSPS) is 15.9. The van der Waals surface area contributed by atoms with Crippen LogP contribution in [0.25, 0.3) is 0 Å². The third-order valence-electron chi connectivity index (χ3n) is 7.95. The fraction of sp³-hybridized carbons (Fsp3) is 0.853. The monoisotopic (exact) mass is 699 g/mol. The van der Waals surface area contributed by atoms with Gasteiger partial charge < -0.3 is 45.0 Å². The molecule has 2 heterocycles. The van der Waals surface area contributed by atoms with E-state index in [1.165, 1.54) is 4.90 Å². The van der Waals surface area contributed by atoms with Gasteiger partial charge in [-0.2, -0.15) is 0 Å². The largest absolute Gasteiger partial charge is 0.450 e. The van der Waals surface area contributed by atoms with Gasteiger partial charge in [0.1, 0.15) is 25.4 Å². The van der Waals surface area contributed by atoms with Gasteiger partial charge in [-0.05, 0) is 44.9 Å². The molecule has 0 aromatic rings. The maximum absolute atomic E-state index is 13.1. The van der Waals surface area contributed by atoms with Gasteiger partial charge in [-0.15, -0.1) is 0 Å². The van der Waals surface area contributed by atoms with E-state index in [4.69, 9.17) is 23.7 Å². The van der Waals surface area contributed by atoms with E-state index in [2.05, 4.69) is 21.3 Å². The molecule has 0 aliphatic carbocycles. The molecule has 0 aromatic carbocycles. The highest BCUT2D eigenvalue weighted by Crippen LogP contribution is 2.11. The number of urea groups is 1. The van der Waals surface area contributed by atoms with E-state index >= 15 is 0 Å². The molecule has 6 amide bonds. The van der Waals surface area contributed by atoms with E-state index in [-0.39, 0.29) is 43.5 Å². The molecule has 0 spiro atoms. The predicted octanol–water partition coefficient (Wildman–Crippen LogP) is 4.76. The fourth-order valence-electron chi connectivity index (χ4n) is 4.75. The Hall–Kier alpha value is -3.33. The van der Waals surface area contributed by atoms with Crippen molar-refractivity contribution in [1.29, 1.82) is 0 Å². The number of rotatable bonds is 29. The molecule has 15 heteroatoms. The molecule has 2 unspecified atom stereocenters. The van der Waals surface area contributed by atoms with Crippen LogP contribution in [0.2, 0.25) is 0 Å². The molecule has 0 bridgehead atoms. The molecule has 2 atom stereocenters. The highest BCUT2D eigenvalue weighted by molar-refractivity contribution is 5.94. The van der Waals surface area contributed by atoms with Crippen LogP contribution in [0.4, 0.5) is 19.2 Å². The van der Waals surface area contributed by atoms with Crippen LogP contribution in [-0.4, -0.2) is 113 Å². The van der Waals surface area contributed by atoms with Crippen molar-refractivity contribution in [2.24, 2.45) is 0 Å². The Morgan fingerprint density at radius 1 is 0.571 bits per heavy atom. The third kappa shape index (κ3) is 24.5. The van der Waals surface area contributed by atoms with Gasteiger partial charge in [0.05, 0.1) is 19.8 Å². The van der Waals surface area contributed by atoms with Gasteiger partial charge >= 0.3 is 24.3 Å². The van der Waals surface area contributed by atoms with Gasteiger partial charge in [-0.3, -0.25) is 9.69 Å². The summed E-state index contributed by atoms with van der Waals surface area (Å²) in [6.45, 7) is 6.73. The predicted molar refractivity (Wildman–Crippen MR) is 182 cm³/mol. The minimum Gasteiger partial charge on any atom is -0.450 e. The number of nitrogens with zero attached hydrogens (tertiary/aromatic N) is 1. The lowest BCUT2D eigenvalue weighted by atomic mass is 10.1. The van der Waals surface area contributed by atoms with Gasteiger partial charge in [-0.1, -0.05) is 58.3 Å². The molecule has 2 aliphatic heterocycles. The lowest BCUT2D eigenvalue weighted by molar-refractivity contribution is -0.128. The van der Waals surface area contributed by atoms with Crippen molar-refractivity contribution in [3.63, 3.8) is 0 Å². The van der Waals surface area contributed by atoms with Crippen LogP contribution in [0.5, 0.6) is 0 Å². The van der Waals surface area contributed by atoms with E-state index in [1.807, 2.05) is 6.92 Å². The van der Waals surface area contributed by atoms with Crippen LogP contribution in [0, 0.1) is 0 Å². The Kier molecular flexibility index (Phi) is 23.5. The number of hydrogen-bond acceptors (Lipinski definition) is 10. The minimum absolute atomic E-state index is 0.0360. The summed E-state index contributed by atoms with van der Waals surface area (Å²) in [7, 11) is 0. The zero-order chi connectivity index (χ0) is 35.4. The first-order valence-electron chi connectivity index (χ1n) is 18.4. The summed E-state index contributed by atoms with van der Waals surface area (Å²) in [6, 6.07) is -0.366. The van der Waals surface area contributed by atoms with Crippen molar-refractivity contribution in [3.05, 3.63) is 0 Å². The third-order valence-corrected chi connectivity index (χ3v) is 7.95. The Bertz CT molecular complexity index is 948. The summed E-state index contributed by atoms with van der Waals surface area (Å²) in [4.78, 5) is 62.3. The summed E-state index contributed by atoms with van der Waals surface area (Å²) in [6.07, 6.45) is 11.7. The molecule has 49 heavy (non-hydrogen) atoms. The van der Waals surface area contributed by atoms with Crippen LogP contribution in [-0.2, 0) is 28.5 Å². The average Bonchev–Trinajstić information content (AvgIpc) is 4.02. The number of hydrogen-bond donors (Lipinski definition) is 4. The molecular formula is C34H61N5O10. The Labute approximate surface area is 291 Å². The van der Waals surface area contributed by atoms with Gasteiger partial charge in [0.25, 0.3) is 0 Å². The summed E-state index contributed by atoms with van der Waals surface area (Å²) in [5.41, 5.74) is 0. The second kappa shape index (κ2) is 27.5. The number of epoxide rings is 2. The molecule has 2 rings (SSSR count). The second-order valence-electron chi connectivity index (χ2n) is 12.5. The standard InChI is InChI=1S/C34H61N5O10/c1-2-3-23-45-32(42)36-19-13-6-4-5-11-17-30(40)39(22-16-10-9-15-21-38-34(44)49-27-29-25-47-29)31(41)35-18-12-7-8-14-20-37-33(43)48-26-28-24-46-28/h28-29H,2-27H2,1H3,(H,35,41)(H,36,42)(H,37,43)(H,38,44). The number of nitrogens with one attached hydrogen (secondary N) is 4. The fourth-order valence-corrected chi connectivity index (χ4v) is 4.75. The van der Waals surface area contributed by atoms with Crippen LogP contribution in [0.1, 0.15) is 110 Å².